The molecule has 2 aliphatic rings. The van der Waals surface area contributed by atoms with Crippen LogP contribution in [-0.2, 0) is 5.41 Å². The van der Waals surface area contributed by atoms with Gasteiger partial charge < -0.3 is 14.1 Å². The van der Waals surface area contributed by atoms with Gasteiger partial charge in [-0.3, -0.25) is 0 Å². The fourth-order valence-corrected chi connectivity index (χ4v) is 11.3. The summed E-state index contributed by atoms with van der Waals surface area (Å²) in [6.45, 7) is 0. The normalized spacial score (nSPS) is 13.1. The summed E-state index contributed by atoms with van der Waals surface area (Å²) in [6, 6.07) is 85.8. The maximum Gasteiger partial charge on any atom is 0.140 e. The summed E-state index contributed by atoms with van der Waals surface area (Å²) in [6.07, 6.45) is 0. The van der Waals surface area contributed by atoms with E-state index in [0.29, 0.717) is 0 Å². The minimum absolute atomic E-state index is 0.659. The summed E-state index contributed by atoms with van der Waals surface area (Å²) >= 11 is 0. The second-order valence-electron chi connectivity index (χ2n) is 17.5. The van der Waals surface area contributed by atoms with Gasteiger partial charge in [-0.25, -0.2) is 0 Å². The molecule has 3 heteroatoms. The number of fused-ring (bicyclic) bond motifs is 16. The van der Waals surface area contributed by atoms with Crippen LogP contribution in [0.1, 0.15) is 22.3 Å². The standard InChI is InChI=1S/C63H39NO2/c1-2-15-40(16-3-1)41-29-33-44(34-30-41)64(45-35-38-59-52(39-45)49-22-10-13-28-58(49)65-59)57-27-12-9-21-48(57)50-24-14-26-54-60(50)51-23-8-11-25-53(51)63(54)55-36-31-42-17-4-6-19-46(42)61(55)66-62-47-20-7-5-18-43(47)32-37-56(62)63/h1-39H. The lowest BCUT2D eigenvalue weighted by molar-refractivity contribution is 0.447. The Balaban J connectivity index is 1.04. The minimum atomic E-state index is -0.659. The van der Waals surface area contributed by atoms with E-state index in [-0.39, 0.29) is 0 Å². The molecule has 1 aliphatic carbocycles. The lowest BCUT2D eigenvalue weighted by Crippen LogP contribution is -2.32. The number of hydrogen-bond donors (Lipinski definition) is 0. The zero-order valence-corrected chi connectivity index (χ0v) is 35.8. The molecule has 0 unspecified atom stereocenters. The number of hydrogen-bond acceptors (Lipinski definition) is 3. The van der Waals surface area contributed by atoms with E-state index in [1.165, 1.54) is 38.9 Å². The van der Waals surface area contributed by atoms with Crippen molar-refractivity contribution in [3.8, 4) is 44.9 Å². The molecule has 14 rings (SSSR count). The van der Waals surface area contributed by atoms with Gasteiger partial charge >= 0.3 is 0 Å². The highest BCUT2D eigenvalue weighted by Crippen LogP contribution is 2.65. The van der Waals surface area contributed by atoms with E-state index in [4.69, 9.17) is 9.15 Å². The average Bonchev–Trinajstić information content (AvgIpc) is 3.91. The molecule has 0 bridgehead atoms. The molecule has 0 saturated heterocycles. The number of anilines is 3. The highest BCUT2D eigenvalue weighted by atomic mass is 16.5. The molecule has 0 atom stereocenters. The van der Waals surface area contributed by atoms with Crippen LogP contribution in [0.15, 0.2) is 241 Å². The third-order valence-electron chi connectivity index (χ3n) is 14.1. The predicted molar refractivity (Wildman–Crippen MR) is 272 cm³/mol. The highest BCUT2D eigenvalue weighted by Gasteiger charge is 2.52. The SMILES string of the molecule is c1ccc(-c2ccc(N(c3ccc4oc5ccccc5c4c3)c3ccccc3-c3cccc4c3-c3ccccc3C43c4ccc5ccccc5c4Oc4c3ccc3ccccc43)cc2)cc1. The molecule has 1 aromatic heterocycles. The van der Waals surface area contributed by atoms with Crippen molar-refractivity contribution in [2.75, 3.05) is 4.90 Å². The van der Waals surface area contributed by atoms with E-state index in [1.54, 1.807) is 0 Å². The molecule has 1 aliphatic heterocycles. The Morgan fingerprint density at radius 1 is 0.333 bits per heavy atom. The number of rotatable bonds is 5. The van der Waals surface area contributed by atoms with Crippen molar-refractivity contribution in [1.29, 1.82) is 0 Å². The molecule has 0 radical (unpaired) electrons. The van der Waals surface area contributed by atoms with Gasteiger partial charge in [0.25, 0.3) is 0 Å². The smallest absolute Gasteiger partial charge is 0.140 e. The Morgan fingerprint density at radius 3 is 1.65 bits per heavy atom. The molecule has 3 nitrogen and oxygen atoms in total. The largest absolute Gasteiger partial charge is 0.456 e. The van der Waals surface area contributed by atoms with Crippen LogP contribution in [0.5, 0.6) is 11.5 Å². The first-order chi connectivity index (χ1) is 32.7. The number of para-hydroxylation sites is 2. The topological polar surface area (TPSA) is 25.6 Å². The fourth-order valence-electron chi connectivity index (χ4n) is 11.3. The number of furan rings is 1. The maximum absolute atomic E-state index is 7.26. The van der Waals surface area contributed by atoms with Crippen LogP contribution in [-0.4, -0.2) is 0 Å². The van der Waals surface area contributed by atoms with Crippen LogP contribution in [0.4, 0.5) is 17.1 Å². The van der Waals surface area contributed by atoms with Crippen molar-refractivity contribution in [3.63, 3.8) is 0 Å². The summed E-state index contributed by atoms with van der Waals surface area (Å²) in [5, 5.41) is 6.71. The van der Waals surface area contributed by atoms with E-state index >= 15 is 0 Å². The first-order valence-corrected chi connectivity index (χ1v) is 22.7. The quantitative estimate of drug-likeness (QED) is 0.173. The van der Waals surface area contributed by atoms with Crippen molar-refractivity contribution < 1.29 is 9.15 Å². The lowest BCUT2D eigenvalue weighted by atomic mass is 9.65. The molecule has 66 heavy (non-hydrogen) atoms. The molecular weight excluding hydrogens is 803 g/mol. The van der Waals surface area contributed by atoms with Crippen LogP contribution < -0.4 is 9.64 Å². The molecule has 12 aromatic rings. The number of ether oxygens (including phenoxy) is 1. The fraction of sp³-hybridized carbons (Fsp3) is 0.0159. The third kappa shape index (κ3) is 5.20. The molecule has 11 aromatic carbocycles. The van der Waals surface area contributed by atoms with Crippen molar-refractivity contribution in [1.82, 2.24) is 0 Å². The van der Waals surface area contributed by atoms with Crippen molar-refractivity contribution in [3.05, 3.63) is 259 Å². The second-order valence-corrected chi connectivity index (χ2v) is 17.5. The Hall–Kier alpha value is -8.66. The third-order valence-corrected chi connectivity index (χ3v) is 14.1. The van der Waals surface area contributed by atoms with Crippen molar-refractivity contribution >= 4 is 60.5 Å². The zero-order valence-electron chi connectivity index (χ0n) is 35.8. The summed E-state index contributed by atoms with van der Waals surface area (Å²) in [5.41, 5.74) is 16.2. The molecule has 1 spiro atoms. The Kier molecular flexibility index (Phi) is 7.90. The van der Waals surface area contributed by atoms with E-state index in [1.807, 2.05) is 12.1 Å². The first kappa shape index (κ1) is 36.8. The summed E-state index contributed by atoms with van der Waals surface area (Å²) in [7, 11) is 0. The molecule has 0 fully saturated rings. The Morgan fingerprint density at radius 2 is 0.894 bits per heavy atom. The van der Waals surface area contributed by atoms with Gasteiger partial charge in [-0.2, -0.15) is 0 Å². The molecule has 0 amide bonds. The van der Waals surface area contributed by atoms with Gasteiger partial charge in [0.2, 0.25) is 0 Å². The van der Waals surface area contributed by atoms with Gasteiger partial charge in [-0.05, 0) is 92.2 Å². The zero-order chi connectivity index (χ0) is 43.3. The molecular formula is C63H39NO2. The van der Waals surface area contributed by atoms with Gasteiger partial charge in [-0.15, -0.1) is 0 Å². The molecule has 0 N–H and O–H groups in total. The van der Waals surface area contributed by atoms with Crippen LogP contribution in [0, 0.1) is 0 Å². The highest BCUT2D eigenvalue weighted by molar-refractivity contribution is 6.08. The number of nitrogens with zero attached hydrogens (tertiary/aromatic N) is 1. The molecule has 308 valence electrons. The van der Waals surface area contributed by atoms with Crippen molar-refractivity contribution in [2.24, 2.45) is 0 Å². The average molecular weight is 842 g/mol. The maximum atomic E-state index is 7.26. The lowest BCUT2D eigenvalue weighted by Gasteiger charge is -2.40. The molecule has 0 saturated carbocycles. The van der Waals surface area contributed by atoms with Gasteiger partial charge in [-0.1, -0.05) is 194 Å². The monoisotopic (exact) mass is 841 g/mol. The van der Waals surface area contributed by atoms with Crippen LogP contribution >= 0.6 is 0 Å². The first-order valence-electron chi connectivity index (χ1n) is 22.7. The van der Waals surface area contributed by atoms with Gasteiger partial charge in [0, 0.05) is 49.6 Å². The summed E-state index contributed by atoms with van der Waals surface area (Å²) in [5.74, 6) is 1.83. The van der Waals surface area contributed by atoms with Crippen LogP contribution in [0.25, 0.3) is 76.9 Å². The minimum Gasteiger partial charge on any atom is -0.456 e. The summed E-state index contributed by atoms with van der Waals surface area (Å²) < 4.78 is 13.6. The van der Waals surface area contributed by atoms with E-state index in [0.717, 1.165) is 88.7 Å². The number of benzene rings is 11. The van der Waals surface area contributed by atoms with E-state index in [9.17, 15) is 0 Å². The Labute approximate surface area is 382 Å². The Bertz CT molecular complexity index is 3830. The van der Waals surface area contributed by atoms with Crippen molar-refractivity contribution in [2.45, 2.75) is 5.41 Å². The molecule has 2 heterocycles. The van der Waals surface area contributed by atoms with Gasteiger partial charge in [0.15, 0.2) is 0 Å². The summed E-state index contributed by atoms with van der Waals surface area (Å²) in [4.78, 5) is 2.42. The second kappa shape index (κ2) is 14.2. The van der Waals surface area contributed by atoms with Crippen LogP contribution in [0.2, 0.25) is 0 Å². The predicted octanol–water partition coefficient (Wildman–Crippen LogP) is 17.2. The van der Waals surface area contributed by atoms with E-state index < -0.39 is 5.41 Å². The van der Waals surface area contributed by atoms with Gasteiger partial charge in [0.1, 0.15) is 22.7 Å². The van der Waals surface area contributed by atoms with Gasteiger partial charge in [0.05, 0.1) is 11.1 Å². The van der Waals surface area contributed by atoms with E-state index in [2.05, 4.69) is 229 Å². The van der Waals surface area contributed by atoms with Crippen LogP contribution in [0.3, 0.4) is 0 Å².